The monoisotopic (exact) mass is 198 g/mol. The van der Waals surface area contributed by atoms with Crippen LogP contribution in [0, 0.1) is 5.82 Å². The van der Waals surface area contributed by atoms with E-state index >= 15 is 0 Å². The Hall–Kier alpha value is -1.13. The van der Waals surface area contributed by atoms with E-state index in [1.54, 1.807) is 19.2 Å². The lowest BCUT2D eigenvalue weighted by Gasteiger charge is -2.07. The van der Waals surface area contributed by atoms with Gasteiger partial charge in [-0.1, -0.05) is 6.07 Å². The van der Waals surface area contributed by atoms with Crippen LogP contribution >= 0.6 is 0 Å². The Balaban J connectivity index is 2.59. The molecular formula is C10H15FN2O. The SMILES string of the molecule is COCCNc1ccc(CN)cc1F. The van der Waals surface area contributed by atoms with Crippen molar-refractivity contribution in [3.8, 4) is 0 Å². The average Bonchev–Trinajstić information content (AvgIpc) is 2.20. The van der Waals surface area contributed by atoms with Crippen molar-refractivity contribution < 1.29 is 9.13 Å². The maximum atomic E-state index is 13.3. The topological polar surface area (TPSA) is 47.3 Å². The number of benzene rings is 1. The standard InChI is InChI=1S/C10H15FN2O/c1-14-5-4-13-10-3-2-8(7-12)6-9(10)11/h2-3,6,13H,4-5,7,12H2,1H3. The van der Waals surface area contributed by atoms with E-state index in [9.17, 15) is 4.39 Å². The largest absolute Gasteiger partial charge is 0.383 e. The molecule has 0 atom stereocenters. The third-order valence-electron chi connectivity index (χ3n) is 1.89. The summed E-state index contributed by atoms with van der Waals surface area (Å²) in [5.74, 6) is -0.274. The summed E-state index contributed by atoms with van der Waals surface area (Å²) in [5.41, 5.74) is 6.66. The van der Waals surface area contributed by atoms with Crippen LogP contribution in [0.1, 0.15) is 5.56 Å². The summed E-state index contributed by atoms with van der Waals surface area (Å²) in [6, 6.07) is 4.93. The lowest BCUT2D eigenvalue weighted by atomic mass is 10.2. The van der Waals surface area contributed by atoms with Crippen LogP contribution in [0.2, 0.25) is 0 Å². The molecular weight excluding hydrogens is 183 g/mol. The summed E-state index contributed by atoms with van der Waals surface area (Å²) in [6.45, 7) is 1.50. The molecule has 0 bridgehead atoms. The van der Waals surface area contributed by atoms with Gasteiger partial charge in [0.05, 0.1) is 12.3 Å². The molecule has 0 aromatic heterocycles. The van der Waals surface area contributed by atoms with Gasteiger partial charge in [-0.3, -0.25) is 0 Å². The fourth-order valence-corrected chi connectivity index (χ4v) is 1.12. The van der Waals surface area contributed by atoms with E-state index in [1.165, 1.54) is 6.07 Å². The van der Waals surface area contributed by atoms with Gasteiger partial charge in [-0.25, -0.2) is 4.39 Å². The third-order valence-corrected chi connectivity index (χ3v) is 1.89. The molecule has 78 valence electrons. The van der Waals surface area contributed by atoms with Gasteiger partial charge in [-0.2, -0.15) is 0 Å². The number of halogens is 1. The Morgan fingerprint density at radius 1 is 1.50 bits per heavy atom. The summed E-state index contributed by atoms with van der Waals surface area (Å²) in [4.78, 5) is 0. The van der Waals surface area contributed by atoms with Gasteiger partial charge in [-0.15, -0.1) is 0 Å². The molecule has 14 heavy (non-hydrogen) atoms. The highest BCUT2D eigenvalue weighted by Crippen LogP contribution is 2.14. The summed E-state index contributed by atoms with van der Waals surface area (Å²) in [6.07, 6.45) is 0. The predicted molar refractivity (Wildman–Crippen MR) is 54.7 cm³/mol. The molecule has 3 N–H and O–H groups in total. The van der Waals surface area contributed by atoms with Crippen LogP contribution in [0.4, 0.5) is 10.1 Å². The van der Waals surface area contributed by atoms with E-state index in [1.807, 2.05) is 0 Å². The van der Waals surface area contributed by atoms with E-state index in [0.29, 0.717) is 25.4 Å². The smallest absolute Gasteiger partial charge is 0.146 e. The molecule has 1 aromatic carbocycles. The minimum Gasteiger partial charge on any atom is -0.383 e. The van der Waals surface area contributed by atoms with Gasteiger partial charge < -0.3 is 15.8 Å². The number of nitrogens with one attached hydrogen (secondary N) is 1. The Morgan fingerprint density at radius 2 is 2.29 bits per heavy atom. The first-order chi connectivity index (χ1) is 6.77. The zero-order valence-electron chi connectivity index (χ0n) is 8.22. The summed E-state index contributed by atoms with van der Waals surface area (Å²) in [5, 5.41) is 2.92. The number of hydrogen-bond acceptors (Lipinski definition) is 3. The Labute approximate surface area is 83.1 Å². The summed E-state index contributed by atoms with van der Waals surface area (Å²) in [7, 11) is 1.61. The van der Waals surface area contributed by atoms with E-state index < -0.39 is 0 Å². The van der Waals surface area contributed by atoms with Crippen LogP contribution in [0.3, 0.4) is 0 Å². The van der Waals surface area contributed by atoms with Crippen molar-refractivity contribution in [2.24, 2.45) is 5.73 Å². The van der Waals surface area contributed by atoms with Crippen molar-refractivity contribution in [1.29, 1.82) is 0 Å². The summed E-state index contributed by atoms with van der Waals surface area (Å²) >= 11 is 0. The maximum absolute atomic E-state index is 13.3. The van der Waals surface area contributed by atoms with Crippen LogP contribution in [0.25, 0.3) is 0 Å². The van der Waals surface area contributed by atoms with Crippen LogP contribution in [0.15, 0.2) is 18.2 Å². The van der Waals surface area contributed by atoms with Crippen LogP contribution in [-0.4, -0.2) is 20.3 Å². The fraction of sp³-hybridized carbons (Fsp3) is 0.400. The zero-order chi connectivity index (χ0) is 10.4. The molecule has 0 fully saturated rings. The van der Waals surface area contributed by atoms with Crippen molar-refractivity contribution >= 4 is 5.69 Å². The maximum Gasteiger partial charge on any atom is 0.146 e. The Morgan fingerprint density at radius 3 is 2.86 bits per heavy atom. The van der Waals surface area contributed by atoms with Crippen LogP contribution in [-0.2, 0) is 11.3 Å². The normalized spacial score (nSPS) is 10.2. The number of anilines is 1. The molecule has 0 aliphatic rings. The predicted octanol–water partition coefficient (Wildman–Crippen LogP) is 1.34. The lowest BCUT2D eigenvalue weighted by Crippen LogP contribution is -2.09. The van der Waals surface area contributed by atoms with Crippen molar-refractivity contribution in [1.82, 2.24) is 0 Å². The Kier molecular flexibility index (Phi) is 4.35. The highest BCUT2D eigenvalue weighted by molar-refractivity contribution is 5.46. The first-order valence-electron chi connectivity index (χ1n) is 4.49. The van der Waals surface area contributed by atoms with Crippen molar-refractivity contribution in [3.63, 3.8) is 0 Å². The molecule has 0 amide bonds. The van der Waals surface area contributed by atoms with Gasteiger partial charge >= 0.3 is 0 Å². The quantitative estimate of drug-likeness (QED) is 0.702. The van der Waals surface area contributed by atoms with Crippen LogP contribution < -0.4 is 11.1 Å². The number of hydrogen-bond donors (Lipinski definition) is 2. The number of ether oxygens (including phenoxy) is 1. The average molecular weight is 198 g/mol. The second-order valence-corrected chi connectivity index (χ2v) is 2.94. The van der Waals surface area contributed by atoms with Gasteiger partial charge in [0.25, 0.3) is 0 Å². The zero-order valence-corrected chi connectivity index (χ0v) is 8.22. The molecule has 1 aromatic rings. The highest BCUT2D eigenvalue weighted by Gasteiger charge is 2.01. The van der Waals surface area contributed by atoms with Crippen molar-refractivity contribution in [2.45, 2.75) is 6.54 Å². The molecule has 0 radical (unpaired) electrons. The molecule has 0 saturated heterocycles. The van der Waals surface area contributed by atoms with Crippen molar-refractivity contribution in [2.75, 3.05) is 25.6 Å². The molecule has 3 nitrogen and oxygen atoms in total. The van der Waals surface area contributed by atoms with Gasteiger partial charge in [0.1, 0.15) is 5.82 Å². The second-order valence-electron chi connectivity index (χ2n) is 2.94. The van der Waals surface area contributed by atoms with Crippen molar-refractivity contribution in [3.05, 3.63) is 29.6 Å². The van der Waals surface area contributed by atoms with E-state index in [4.69, 9.17) is 10.5 Å². The molecule has 1 rings (SSSR count). The van der Waals surface area contributed by atoms with Gasteiger partial charge in [0, 0.05) is 20.2 Å². The van der Waals surface area contributed by atoms with E-state index in [-0.39, 0.29) is 5.82 Å². The molecule has 0 unspecified atom stereocenters. The number of rotatable bonds is 5. The second kappa shape index (κ2) is 5.57. The minimum absolute atomic E-state index is 0.274. The summed E-state index contributed by atoms with van der Waals surface area (Å²) < 4.78 is 18.1. The minimum atomic E-state index is -0.274. The first-order valence-corrected chi connectivity index (χ1v) is 4.49. The van der Waals surface area contributed by atoms with Gasteiger partial charge in [0.2, 0.25) is 0 Å². The molecule has 0 spiro atoms. The van der Waals surface area contributed by atoms with Gasteiger partial charge in [-0.05, 0) is 17.7 Å². The first kappa shape index (κ1) is 10.9. The molecule has 4 heteroatoms. The third kappa shape index (κ3) is 2.97. The highest BCUT2D eigenvalue weighted by atomic mass is 19.1. The number of methoxy groups -OCH3 is 1. The molecule has 0 aliphatic carbocycles. The van der Waals surface area contributed by atoms with Gasteiger partial charge in [0.15, 0.2) is 0 Å². The molecule has 0 heterocycles. The van der Waals surface area contributed by atoms with E-state index in [0.717, 1.165) is 5.56 Å². The lowest BCUT2D eigenvalue weighted by molar-refractivity contribution is 0.210. The number of nitrogens with two attached hydrogens (primary N) is 1. The Bertz CT molecular complexity index is 291. The molecule has 0 saturated carbocycles. The molecule has 0 aliphatic heterocycles. The van der Waals surface area contributed by atoms with E-state index in [2.05, 4.69) is 5.32 Å². The fourth-order valence-electron chi connectivity index (χ4n) is 1.12. The van der Waals surface area contributed by atoms with Crippen LogP contribution in [0.5, 0.6) is 0 Å².